The van der Waals surface area contributed by atoms with E-state index in [4.69, 9.17) is 18.5 Å². The van der Waals surface area contributed by atoms with Crippen LogP contribution in [0.25, 0.3) is 61.4 Å². The quantitative estimate of drug-likeness (QED) is 0.162. The van der Waals surface area contributed by atoms with Gasteiger partial charge in [-0.05, 0) is 59.3 Å². The van der Waals surface area contributed by atoms with E-state index in [0.717, 1.165) is 67.1 Å². The first kappa shape index (κ1) is 33.0. The molecule has 5 nitrogen and oxygen atoms in total. The van der Waals surface area contributed by atoms with Crippen molar-refractivity contribution in [2.75, 3.05) is 0 Å². The average molecular weight is 864 g/mol. The average Bonchev–Trinajstić information content (AvgIpc) is 3.73. The number of para-hydroxylation sites is 2. The van der Waals surface area contributed by atoms with Gasteiger partial charge in [0.15, 0.2) is 5.65 Å². The van der Waals surface area contributed by atoms with Gasteiger partial charge in [-0.2, -0.15) is 0 Å². The minimum Gasteiger partial charge on any atom is -0.501 e. The Morgan fingerprint density at radius 2 is 1.50 bits per heavy atom. The molecule has 4 heterocycles. The van der Waals surface area contributed by atoms with Gasteiger partial charge in [0.2, 0.25) is 0 Å². The predicted octanol–water partition coefficient (Wildman–Crippen LogP) is 12.2. The van der Waals surface area contributed by atoms with Gasteiger partial charge in [-0.15, -0.1) is 54.1 Å². The second-order valence-corrected chi connectivity index (χ2v) is 14.6. The number of aromatic nitrogens is 4. The fourth-order valence-corrected chi connectivity index (χ4v) is 6.49. The molecule has 0 aliphatic carbocycles. The molecule has 4 aromatic heterocycles. The molecule has 0 aliphatic heterocycles. The molecular weight excluding hydrogens is 817 g/mol. The fraction of sp³-hybridized carbons (Fsp3) is 0.239. The van der Waals surface area contributed by atoms with Gasteiger partial charge in [-0.25, -0.2) is 4.98 Å². The fourth-order valence-electron chi connectivity index (χ4n) is 6.49. The number of rotatable bonds is 5. The molecule has 0 saturated heterocycles. The third-order valence-electron chi connectivity index (χ3n) is 9.15. The molecule has 1 radical (unpaired) electrons. The van der Waals surface area contributed by atoms with Crippen LogP contribution in [0.2, 0.25) is 0 Å². The summed E-state index contributed by atoms with van der Waals surface area (Å²) in [6.45, 7) is 13.5. The topological polar surface area (TPSA) is 56.7 Å². The van der Waals surface area contributed by atoms with Crippen LogP contribution in [-0.4, -0.2) is 19.5 Å². The summed E-state index contributed by atoms with van der Waals surface area (Å²) in [6, 6.07) is 40.4. The van der Waals surface area contributed by atoms with E-state index in [2.05, 4.69) is 119 Å². The molecule has 0 aliphatic rings. The van der Waals surface area contributed by atoms with Crippen molar-refractivity contribution in [1.82, 2.24) is 19.5 Å². The molecule has 6 heteroatoms. The molecule has 0 N–H and O–H groups in total. The molecule has 52 heavy (non-hydrogen) atoms. The molecule has 0 bridgehead atoms. The molecule has 0 unspecified atom stereocenters. The van der Waals surface area contributed by atoms with Gasteiger partial charge < -0.3 is 14.0 Å². The van der Waals surface area contributed by atoms with Crippen molar-refractivity contribution >= 4 is 33.1 Å². The van der Waals surface area contributed by atoms with Crippen molar-refractivity contribution in [2.45, 2.75) is 72.6 Å². The van der Waals surface area contributed by atoms with Gasteiger partial charge in [-0.1, -0.05) is 108 Å². The third kappa shape index (κ3) is 7.11. The van der Waals surface area contributed by atoms with E-state index in [0.29, 0.717) is 11.8 Å². The number of hydrogen-bond donors (Lipinski definition) is 0. The first-order valence-corrected chi connectivity index (χ1v) is 17.5. The van der Waals surface area contributed by atoms with E-state index >= 15 is 0 Å². The molecule has 4 aromatic carbocycles. The van der Waals surface area contributed by atoms with E-state index in [-0.39, 0.29) is 31.1 Å². The SMILES string of the molecule is CC(C)c1cccc(C(C)C)c1-n1c(-c2[c-]ccc3c2oc2ccccc23)nc2ccc(C(C)(C)C)nc21.[2H]C([2H])([2H])c1ccc(-c2[c-]cccc2)nc1.[Ir]. The molecule has 0 fully saturated rings. The maximum absolute atomic E-state index is 7.23. The smallest absolute Gasteiger partial charge is 0.155 e. The zero-order valence-corrected chi connectivity index (χ0v) is 33.0. The van der Waals surface area contributed by atoms with Crippen LogP contribution in [0.4, 0.5) is 0 Å². The zero-order valence-electron chi connectivity index (χ0n) is 33.6. The Kier molecular flexibility index (Phi) is 9.50. The van der Waals surface area contributed by atoms with Crippen molar-refractivity contribution in [3.05, 3.63) is 144 Å². The molecule has 0 atom stereocenters. The molecule has 8 rings (SSSR count). The van der Waals surface area contributed by atoms with Crippen LogP contribution in [0.5, 0.6) is 0 Å². The summed E-state index contributed by atoms with van der Waals surface area (Å²) in [7, 11) is 0. The van der Waals surface area contributed by atoms with Crippen molar-refractivity contribution in [3.8, 4) is 28.3 Å². The number of pyridine rings is 2. The van der Waals surface area contributed by atoms with Crippen LogP contribution < -0.4 is 0 Å². The number of aryl methyl sites for hydroxylation is 1. The van der Waals surface area contributed by atoms with Gasteiger partial charge in [0.05, 0.1) is 16.9 Å². The number of furan rings is 1. The van der Waals surface area contributed by atoms with E-state index in [9.17, 15) is 0 Å². The van der Waals surface area contributed by atoms with Crippen LogP contribution in [0.3, 0.4) is 0 Å². The second-order valence-electron chi connectivity index (χ2n) is 14.6. The van der Waals surface area contributed by atoms with E-state index in [1.165, 1.54) is 17.3 Å². The summed E-state index contributed by atoms with van der Waals surface area (Å²) in [4.78, 5) is 14.6. The Labute approximate surface area is 324 Å². The summed E-state index contributed by atoms with van der Waals surface area (Å²) in [6.07, 6.45) is 1.39. The summed E-state index contributed by atoms with van der Waals surface area (Å²) in [5.74, 6) is 1.45. The van der Waals surface area contributed by atoms with E-state index in [1.807, 2.05) is 36.4 Å². The number of nitrogens with zero attached hydrogens (tertiary/aromatic N) is 4. The number of fused-ring (bicyclic) bond motifs is 4. The number of hydrogen-bond acceptors (Lipinski definition) is 4. The van der Waals surface area contributed by atoms with Crippen molar-refractivity contribution < 1.29 is 28.6 Å². The van der Waals surface area contributed by atoms with Gasteiger partial charge in [0.25, 0.3) is 0 Å². The summed E-state index contributed by atoms with van der Waals surface area (Å²) in [5.41, 5.74) is 10.8. The van der Waals surface area contributed by atoms with E-state index < -0.39 is 6.85 Å². The third-order valence-corrected chi connectivity index (χ3v) is 9.15. The van der Waals surface area contributed by atoms with Gasteiger partial charge in [-0.3, -0.25) is 4.98 Å². The molecule has 0 spiro atoms. The van der Waals surface area contributed by atoms with Crippen molar-refractivity contribution in [3.63, 3.8) is 0 Å². The van der Waals surface area contributed by atoms with Crippen LogP contribution in [0, 0.1) is 19.0 Å². The van der Waals surface area contributed by atoms with Crippen molar-refractivity contribution in [1.29, 1.82) is 0 Å². The Morgan fingerprint density at radius 3 is 2.15 bits per heavy atom. The summed E-state index contributed by atoms with van der Waals surface area (Å²) >= 11 is 0. The number of benzene rings is 4. The zero-order chi connectivity index (χ0) is 38.4. The number of imidazole rings is 1. The van der Waals surface area contributed by atoms with Crippen molar-refractivity contribution in [2.24, 2.45) is 0 Å². The summed E-state index contributed by atoms with van der Waals surface area (Å²) < 4.78 is 30.4. The second kappa shape index (κ2) is 15.0. The molecule has 8 aromatic rings. The molecule has 265 valence electrons. The first-order chi connectivity index (χ1) is 25.7. The minimum atomic E-state index is -2.09. The molecular formula is C46H44IrN4O-2. The Bertz CT molecular complexity index is 2560. The summed E-state index contributed by atoms with van der Waals surface area (Å²) in [5, 5.41) is 2.16. The maximum atomic E-state index is 7.23. The normalized spacial score (nSPS) is 12.8. The van der Waals surface area contributed by atoms with Gasteiger partial charge in [0.1, 0.15) is 5.58 Å². The minimum absolute atomic E-state index is 0. The monoisotopic (exact) mass is 864 g/mol. The molecule has 0 amide bonds. The Hall–Kier alpha value is -4.90. The Morgan fingerprint density at radius 1 is 0.750 bits per heavy atom. The standard InChI is InChI=1S/C34H34N3O.C12H10N.Ir/c1-20(2)22-13-10-14-23(21(3)4)30(22)37-32(35-27-18-19-29(34(5,6)7)36-33(27)37)26-16-11-15-25-24-12-8-9-17-28(24)38-31(25)26;1-10-7-8-12(13-9-10)11-5-3-2-4-6-11;/h8-15,17-21H,1-7H3;2-5,7-9H,1H3;/q2*-1;/i;1D3;. The first-order valence-electron chi connectivity index (χ1n) is 19.0. The predicted molar refractivity (Wildman–Crippen MR) is 211 cm³/mol. The maximum Gasteiger partial charge on any atom is 0.155 e. The van der Waals surface area contributed by atoms with E-state index in [1.54, 1.807) is 18.2 Å². The Balaban J connectivity index is 0.000000254. The van der Waals surface area contributed by atoms with Gasteiger partial charge >= 0.3 is 0 Å². The van der Waals surface area contributed by atoms with Crippen LogP contribution in [-0.2, 0) is 25.5 Å². The van der Waals surface area contributed by atoms with Crippen LogP contribution in [0.15, 0.2) is 114 Å². The van der Waals surface area contributed by atoms with Crippen LogP contribution >= 0.6 is 0 Å². The van der Waals surface area contributed by atoms with Crippen LogP contribution in [0.1, 0.15) is 86.8 Å². The van der Waals surface area contributed by atoms with Gasteiger partial charge in [0, 0.05) is 52.6 Å². The largest absolute Gasteiger partial charge is 0.501 e. The molecule has 0 saturated carbocycles.